The van der Waals surface area contributed by atoms with E-state index in [-0.39, 0.29) is 6.54 Å². The summed E-state index contributed by atoms with van der Waals surface area (Å²) in [5.41, 5.74) is 9.50. The van der Waals surface area contributed by atoms with E-state index in [1.165, 1.54) is 0 Å². The fraction of sp³-hybridized carbons (Fsp3) is 0.613. The molecule has 1 saturated heterocycles. The molecule has 2 aromatic carbocycles. The van der Waals surface area contributed by atoms with Gasteiger partial charge in [0.05, 0.1) is 20.3 Å². The molecule has 0 aromatic heterocycles. The average Bonchev–Trinajstić information content (AvgIpc) is 2.93. The minimum Gasteiger partial charge on any atom is -0.497 e. The predicted molar refractivity (Wildman–Crippen MR) is 157 cm³/mol. The molecule has 7 nitrogen and oxygen atoms in total. The quantitative estimate of drug-likeness (QED) is 0.282. The number of methoxy groups -OCH3 is 2. The van der Waals surface area contributed by atoms with Crippen molar-refractivity contribution < 1.29 is 28.1 Å². The molecule has 0 amide bonds. The maximum atomic E-state index is 7.30. The lowest BCUT2D eigenvalue weighted by Gasteiger charge is -2.51. The van der Waals surface area contributed by atoms with Crippen LogP contribution >= 0.6 is 0 Å². The maximum absolute atomic E-state index is 7.30. The van der Waals surface area contributed by atoms with Crippen LogP contribution < -0.4 is 10.5 Å². The summed E-state index contributed by atoms with van der Waals surface area (Å²) in [6.07, 6.45) is -2.40. The van der Waals surface area contributed by atoms with Gasteiger partial charge in [-0.25, -0.2) is 0 Å². The van der Waals surface area contributed by atoms with Gasteiger partial charge >= 0.3 is 0 Å². The molecule has 1 fully saturated rings. The van der Waals surface area contributed by atoms with E-state index in [4.69, 9.17) is 33.8 Å². The van der Waals surface area contributed by atoms with Gasteiger partial charge in [0.15, 0.2) is 6.29 Å². The molecule has 1 aliphatic rings. The Morgan fingerprint density at radius 3 is 1.77 bits per heavy atom. The molecule has 0 radical (unpaired) electrons. The van der Waals surface area contributed by atoms with E-state index in [9.17, 15) is 0 Å². The Bertz CT molecular complexity index is 949. The number of ether oxygens (including phenoxy) is 5. The van der Waals surface area contributed by atoms with Crippen LogP contribution in [0, 0.1) is 0 Å². The Morgan fingerprint density at radius 1 is 0.744 bits per heavy atom. The Balaban J connectivity index is 1.98. The summed E-state index contributed by atoms with van der Waals surface area (Å²) in [4.78, 5) is 0. The predicted octanol–water partition coefficient (Wildman–Crippen LogP) is 6.06. The molecular weight excluding hydrogens is 510 g/mol. The van der Waals surface area contributed by atoms with Gasteiger partial charge in [0.2, 0.25) is 8.32 Å². The second kappa shape index (κ2) is 14.7. The highest BCUT2D eigenvalue weighted by atomic mass is 28.4. The van der Waals surface area contributed by atoms with Gasteiger partial charge in [-0.1, -0.05) is 84.0 Å². The number of rotatable bonds is 14. The molecule has 1 aliphatic heterocycles. The van der Waals surface area contributed by atoms with Crippen LogP contribution in [0.15, 0.2) is 54.6 Å². The van der Waals surface area contributed by atoms with Crippen LogP contribution in [-0.2, 0) is 36.6 Å². The third-order valence-corrected chi connectivity index (χ3v) is 14.1. The van der Waals surface area contributed by atoms with Crippen molar-refractivity contribution in [3.8, 4) is 5.75 Å². The molecule has 8 heteroatoms. The van der Waals surface area contributed by atoms with Crippen molar-refractivity contribution in [2.24, 2.45) is 5.73 Å². The van der Waals surface area contributed by atoms with Gasteiger partial charge in [0.1, 0.15) is 30.2 Å². The van der Waals surface area contributed by atoms with Gasteiger partial charge < -0.3 is 33.8 Å². The van der Waals surface area contributed by atoms with E-state index >= 15 is 0 Å². The smallest absolute Gasteiger partial charge is 0.201 e. The minimum absolute atomic E-state index is 0.270. The van der Waals surface area contributed by atoms with Crippen LogP contribution in [0.4, 0.5) is 0 Å². The average molecular weight is 560 g/mol. The van der Waals surface area contributed by atoms with Crippen LogP contribution in [-0.4, -0.2) is 59.8 Å². The first kappa shape index (κ1) is 31.7. The van der Waals surface area contributed by atoms with Crippen LogP contribution in [0.3, 0.4) is 0 Å². The van der Waals surface area contributed by atoms with Gasteiger partial charge in [-0.15, -0.1) is 0 Å². The molecule has 0 saturated carbocycles. The molecule has 3 rings (SSSR count). The largest absolute Gasteiger partial charge is 0.497 e. The third kappa shape index (κ3) is 7.49. The van der Waals surface area contributed by atoms with E-state index in [0.717, 1.165) is 16.9 Å². The zero-order valence-corrected chi connectivity index (χ0v) is 26.0. The van der Waals surface area contributed by atoms with Crippen molar-refractivity contribution in [1.29, 1.82) is 0 Å². The summed E-state index contributed by atoms with van der Waals surface area (Å²) < 4.78 is 38.2. The van der Waals surface area contributed by atoms with Crippen LogP contribution in [0.25, 0.3) is 0 Å². The number of benzene rings is 2. The summed E-state index contributed by atoms with van der Waals surface area (Å²) >= 11 is 0. The van der Waals surface area contributed by atoms with Gasteiger partial charge in [-0.2, -0.15) is 0 Å². The highest BCUT2D eigenvalue weighted by Gasteiger charge is 2.54. The molecule has 0 unspecified atom stereocenters. The summed E-state index contributed by atoms with van der Waals surface area (Å²) in [5.74, 6) is 0.803. The Labute approximate surface area is 236 Å². The molecule has 0 spiro atoms. The van der Waals surface area contributed by atoms with E-state index in [0.29, 0.717) is 29.8 Å². The van der Waals surface area contributed by atoms with Gasteiger partial charge in [0, 0.05) is 13.7 Å². The lowest BCUT2D eigenvalue weighted by Crippen LogP contribution is -2.65. The minimum atomic E-state index is -2.32. The van der Waals surface area contributed by atoms with E-state index in [2.05, 4.69) is 53.7 Å². The first-order chi connectivity index (χ1) is 18.7. The third-order valence-electron chi connectivity index (χ3n) is 7.99. The van der Waals surface area contributed by atoms with Crippen molar-refractivity contribution in [3.05, 3.63) is 65.7 Å². The molecule has 0 bridgehead atoms. The first-order valence-corrected chi connectivity index (χ1v) is 16.3. The summed E-state index contributed by atoms with van der Waals surface area (Å²) in [5, 5.41) is 0. The zero-order chi connectivity index (χ0) is 28.6. The molecule has 5 atom stereocenters. The molecule has 218 valence electrons. The SMILES string of the molecule is COc1ccc(CO[C@H]2[C@H](OCc3ccccc3)[C@H](O[Si](C(C)C)(C(C)C)C(C)C)[C@H](OC)O[C@@H]2CN)cc1. The Hall–Kier alpha value is -1.78. The lowest BCUT2D eigenvalue weighted by molar-refractivity contribution is -0.302. The van der Waals surface area contributed by atoms with E-state index in [1.54, 1.807) is 14.2 Å². The summed E-state index contributed by atoms with van der Waals surface area (Å²) in [6, 6.07) is 18.0. The van der Waals surface area contributed by atoms with Crippen molar-refractivity contribution in [2.45, 2.75) is 102 Å². The van der Waals surface area contributed by atoms with Crippen molar-refractivity contribution in [2.75, 3.05) is 20.8 Å². The zero-order valence-electron chi connectivity index (χ0n) is 25.0. The van der Waals surface area contributed by atoms with E-state index < -0.39 is 39.0 Å². The second-order valence-electron chi connectivity index (χ2n) is 11.3. The number of nitrogens with two attached hydrogens (primary N) is 1. The highest BCUT2D eigenvalue weighted by Crippen LogP contribution is 2.45. The second-order valence-corrected chi connectivity index (χ2v) is 16.7. The standard InChI is InChI=1S/C31H49NO6Si/c1-21(2)39(22(3)4,23(5)6)38-30-29(36-19-24-12-10-9-11-13-24)28(27(18-32)37-31(30)34-8)35-20-25-14-16-26(33-7)17-15-25/h9-17,21-23,27-31H,18-20,32H2,1-8H3/t27-,28-,29+,30+,31-/m1/s1. The number of hydrogen-bond acceptors (Lipinski definition) is 7. The maximum Gasteiger partial charge on any atom is 0.201 e. The molecule has 1 heterocycles. The number of hydrogen-bond donors (Lipinski definition) is 1. The molecule has 2 N–H and O–H groups in total. The monoisotopic (exact) mass is 559 g/mol. The van der Waals surface area contributed by atoms with Crippen molar-refractivity contribution in [1.82, 2.24) is 0 Å². The summed E-state index contributed by atoms with van der Waals surface area (Å²) in [6.45, 7) is 14.7. The molecule has 0 aliphatic carbocycles. The van der Waals surface area contributed by atoms with Gasteiger partial charge in [-0.05, 0) is 39.9 Å². The first-order valence-electron chi connectivity index (χ1n) is 14.1. The van der Waals surface area contributed by atoms with Crippen LogP contribution in [0.5, 0.6) is 5.75 Å². The molecule has 39 heavy (non-hydrogen) atoms. The lowest BCUT2D eigenvalue weighted by atomic mass is 9.98. The molecular formula is C31H49NO6Si. The highest BCUT2D eigenvalue weighted by molar-refractivity contribution is 6.77. The Kier molecular flexibility index (Phi) is 12.0. The van der Waals surface area contributed by atoms with Crippen molar-refractivity contribution >= 4 is 8.32 Å². The normalized spacial score (nSPS) is 24.1. The Morgan fingerprint density at radius 2 is 1.28 bits per heavy atom. The van der Waals surface area contributed by atoms with Crippen LogP contribution in [0.2, 0.25) is 16.6 Å². The fourth-order valence-electron chi connectivity index (χ4n) is 6.10. The van der Waals surface area contributed by atoms with Crippen molar-refractivity contribution in [3.63, 3.8) is 0 Å². The fourth-order valence-corrected chi connectivity index (χ4v) is 11.6. The van der Waals surface area contributed by atoms with Crippen LogP contribution in [0.1, 0.15) is 52.7 Å². The summed E-state index contributed by atoms with van der Waals surface area (Å²) in [7, 11) is 0.994. The van der Waals surface area contributed by atoms with Gasteiger partial charge in [0.25, 0.3) is 0 Å². The van der Waals surface area contributed by atoms with Gasteiger partial charge in [-0.3, -0.25) is 0 Å². The topological polar surface area (TPSA) is 81.4 Å². The van der Waals surface area contributed by atoms with E-state index in [1.807, 2.05) is 42.5 Å². The molecule has 2 aromatic rings.